The summed E-state index contributed by atoms with van der Waals surface area (Å²) in [4.78, 5) is 26.6. The molecule has 1 aliphatic carbocycles. The van der Waals surface area contributed by atoms with Crippen LogP contribution in [0.1, 0.15) is 47.0 Å². The van der Waals surface area contributed by atoms with E-state index in [9.17, 15) is 9.59 Å². The molecule has 2 aromatic heterocycles. The Morgan fingerprint density at radius 3 is 2.69 bits per heavy atom. The van der Waals surface area contributed by atoms with Crippen molar-refractivity contribution in [2.75, 3.05) is 31.9 Å². The quantitative estimate of drug-likeness (QED) is 0.238. The Bertz CT molecular complexity index is 1210. The van der Waals surface area contributed by atoms with Crippen LogP contribution in [0.2, 0.25) is 0 Å². The summed E-state index contributed by atoms with van der Waals surface area (Å²) in [6.07, 6.45) is 4.98. The first kappa shape index (κ1) is 25.1. The SMILES string of the molecule is CCOC(=O)c1c(NC(=O)CSc2nnc(-c3ccc(OC)c(OC)c3)o2)sc2c1CCCCC2. The molecule has 1 aromatic carbocycles. The van der Waals surface area contributed by atoms with Crippen LogP contribution in [0.5, 0.6) is 11.5 Å². The number of nitrogens with zero attached hydrogens (tertiary/aromatic N) is 2. The number of carbonyl (C=O) groups excluding carboxylic acids is 2. The second-order valence-electron chi connectivity index (χ2n) is 7.77. The van der Waals surface area contributed by atoms with E-state index in [0.29, 0.717) is 33.5 Å². The van der Waals surface area contributed by atoms with Crippen LogP contribution in [0.15, 0.2) is 27.8 Å². The van der Waals surface area contributed by atoms with Crippen LogP contribution in [0.4, 0.5) is 5.00 Å². The van der Waals surface area contributed by atoms with Crippen molar-refractivity contribution in [3.63, 3.8) is 0 Å². The van der Waals surface area contributed by atoms with Crippen LogP contribution in [0.25, 0.3) is 11.5 Å². The highest BCUT2D eigenvalue weighted by atomic mass is 32.2. The van der Waals surface area contributed by atoms with Gasteiger partial charge >= 0.3 is 5.97 Å². The fourth-order valence-electron chi connectivity index (χ4n) is 3.89. The summed E-state index contributed by atoms with van der Waals surface area (Å²) in [6.45, 7) is 2.06. The van der Waals surface area contributed by atoms with Gasteiger partial charge < -0.3 is 23.9 Å². The first-order valence-corrected chi connectivity index (χ1v) is 13.1. The highest BCUT2D eigenvalue weighted by Gasteiger charge is 2.26. The minimum atomic E-state index is -0.383. The van der Waals surface area contributed by atoms with Crippen molar-refractivity contribution in [3.8, 4) is 23.0 Å². The van der Waals surface area contributed by atoms with E-state index < -0.39 is 0 Å². The fraction of sp³-hybridized carbons (Fsp3) is 0.417. The van der Waals surface area contributed by atoms with Crippen molar-refractivity contribution < 1.29 is 28.2 Å². The Kier molecular flexibility index (Phi) is 8.29. The van der Waals surface area contributed by atoms with Crippen LogP contribution < -0.4 is 14.8 Å². The lowest BCUT2D eigenvalue weighted by Crippen LogP contribution is -2.16. The number of rotatable bonds is 9. The van der Waals surface area contributed by atoms with Gasteiger partial charge in [0.15, 0.2) is 11.5 Å². The fourth-order valence-corrected chi connectivity index (χ4v) is 5.75. The molecule has 35 heavy (non-hydrogen) atoms. The number of thiophene rings is 1. The lowest BCUT2D eigenvalue weighted by Gasteiger charge is -2.08. The van der Waals surface area contributed by atoms with Gasteiger partial charge in [-0.15, -0.1) is 21.5 Å². The summed E-state index contributed by atoms with van der Waals surface area (Å²) in [5.74, 6) is 0.853. The van der Waals surface area contributed by atoms with Gasteiger partial charge in [-0.05, 0) is 56.4 Å². The molecule has 0 bridgehead atoms. The maximum atomic E-state index is 12.7. The number of aryl methyl sites for hydroxylation is 1. The van der Waals surface area contributed by atoms with Gasteiger partial charge in [0.2, 0.25) is 11.8 Å². The minimum Gasteiger partial charge on any atom is -0.493 e. The topological polar surface area (TPSA) is 113 Å². The zero-order valence-electron chi connectivity index (χ0n) is 19.8. The van der Waals surface area contributed by atoms with Crippen molar-refractivity contribution >= 4 is 40.0 Å². The number of methoxy groups -OCH3 is 2. The van der Waals surface area contributed by atoms with Crippen LogP contribution in [-0.4, -0.2) is 48.7 Å². The number of nitrogens with one attached hydrogen (secondary N) is 1. The molecule has 186 valence electrons. The zero-order chi connectivity index (χ0) is 24.8. The number of carbonyl (C=O) groups is 2. The zero-order valence-corrected chi connectivity index (χ0v) is 21.5. The van der Waals surface area contributed by atoms with Crippen molar-refractivity contribution in [2.24, 2.45) is 0 Å². The first-order chi connectivity index (χ1) is 17.0. The predicted molar refractivity (Wildman–Crippen MR) is 134 cm³/mol. The second kappa shape index (κ2) is 11.6. The number of benzene rings is 1. The van der Waals surface area contributed by atoms with Crippen LogP contribution >= 0.6 is 23.1 Å². The number of esters is 1. The highest BCUT2D eigenvalue weighted by molar-refractivity contribution is 7.99. The van der Waals surface area contributed by atoms with E-state index in [1.165, 1.54) is 11.3 Å². The predicted octanol–water partition coefficient (Wildman–Crippen LogP) is 4.99. The van der Waals surface area contributed by atoms with Crippen LogP contribution in [-0.2, 0) is 22.4 Å². The monoisotopic (exact) mass is 517 g/mol. The van der Waals surface area contributed by atoms with Crippen LogP contribution in [0, 0.1) is 0 Å². The molecule has 0 spiro atoms. The van der Waals surface area contributed by atoms with Crippen molar-refractivity contribution in [1.82, 2.24) is 10.2 Å². The Balaban J connectivity index is 1.43. The average Bonchev–Trinajstić information content (AvgIpc) is 3.40. The van der Waals surface area contributed by atoms with Crippen LogP contribution in [0.3, 0.4) is 0 Å². The molecule has 0 aliphatic heterocycles. The maximum Gasteiger partial charge on any atom is 0.341 e. The third-order valence-corrected chi connectivity index (χ3v) is 7.54. The van der Waals surface area contributed by atoms with E-state index in [1.807, 2.05) is 0 Å². The third kappa shape index (κ3) is 5.79. The van der Waals surface area contributed by atoms with E-state index in [4.69, 9.17) is 18.6 Å². The molecule has 4 rings (SSSR count). The summed E-state index contributed by atoms with van der Waals surface area (Å²) in [7, 11) is 3.11. The van der Waals surface area contributed by atoms with E-state index in [1.54, 1.807) is 39.3 Å². The molecule has 3 aromatic rings. The second-order valence-corrected chi connectivity index (χ2v) is 9.80. The molecule has 0 saturated carbocycles. The van der Waals surface area contributed by atoms with Crippen molar-refractivity contribution in [2.45, 2.75) is 44.3 Å². The average molecular weight is 518 g/mol. The first-order valence-electron chi connectivity index (χ1n) is 11.3. The number of thioether (sulfide) groups is 1. The Morgan fingerprint density at radius 1 is 1.11 bits per heavy atom. The van der Waals surface area contributed by atoms with Gasteiger partial charge in [0.05, 0.1) is 32.1 Å². The summed E-state index contributed by atoms with van der Waals surface area (Å²) in [6, 6.07) is 5.28. The standard InChI is InChI=1S/C24H27N3O6S2/c1-4-32-23(29)20-15-8-6-5-7-9-18(15)35-22(20)25-19(28)13-34-24-27-26-21(33-24)14-10-11-16(30-2)17(12-14)31-3/h10-12H,4-9,13H2,1-3H3,(H,25,28). The van der Waals surface area contributed by atoms with E-state index >= 15 is 0 Å². The smallest absolute Gasteiger partial charge is 0.341 e. The van der Waals surface area contributed by atoms with Gasteiger partial charge in [0.1, 0.15) is 5.00 Å². The van der Waals surface area contributed by atoms with Gasteiger partial charge in [-0.25, -0.2) is 4.79 Å². The van der Waals surface area contributed by atoms with Crippen molar-refractivity contribution in [1.29, 1.82) is 0 Å². The number of fused-ring (bicyclic) bond motifs is 1. The van der Waals surface area contributed by atoms with Gasteiger partial charge in [0, 0.05) is 10.4 Å². The number of hydrogen-bond acceptors (Lipinski definition) is 10. The molecule has 0 fully saturated rings. The number of aromatic nitrogens is 2. The number of hydrogen-bond donors (Lipinski definition) is 1. The number of ether oxygens (including phenoxy) is 3. The van der Waals surface area contributed by atoms with Crippen molar-refractivity contribution in [3.05, 3.63) is 34.2 Å². The van der Waals surface area contributed by atoms with Gasteiger partial charge in [-0.3, -0.25) is 4.79 Å². The molecule has 0 saturated heterocycles. The van der Waals surface area contributed by atoms with Gasteiger partial charge in [-0.1, -0.05) is 18.2 Å². The Morgan fingerprint density at radius 2 is 1.91 bits per heavy atom. The largest absolute Gasteiger partial charge is 0.493 e. The molecule has 9 nitrogen and oxygen atoms in total. The molecule has 11 heteroatoms. The normalized spacial score (nSPS) is 13.0. The van der Waals surface area contributed by atoms with E-state index in [0.717, 1.165) is 54.3 Å². The Labute approximate surface area is 211 Å². The molecule has 2 heterocycles. The summed E-state index contributed by atoms with van der Waals surface area (Å²) in [5.41, 5.74) is 2.19. The maximum absolute atomic E-state index is 12.7. The Hall–Kier alpha value is -3.05. The van der Waals surface area contributed by atoms with E-state index in [2.05, 4.69) is 15.5 Å². The molecular weight excluding hydrogens is 490 g/mol. The lowest BCUT2D eigenvalue weighted by molar-refractivity contribution is -0.113. The molecular formula is C24H27N3O6S2. The van der Waals surface area contributed by atoms with E-state index in [-0.39, 0.29) is 29.5 Å². The summed E-state index contributed by atoms with van der Waals surface area (Å²) >= 11 is 2.60. The highest BCUT2D eigenvalue weighted by Crippen LogP contribution is 2.38. The number of anilines is 1. The third-order valence-electron chi connectivity index (χ3n) is 5.52. The summed E-state index contributed by atoms with van der Waals surface area (Å²) < 4.78 is 21.6. The number of amides is 1. The van der Waals surface area contributed by atoms with Gasteiger partial charge in [0.25, 0.3) is 5.22 Å². The summed E-state index contributed by atoms with van der Waals surface area (Å²) in [5, 5.41) is 11.8. The molecule has 1 amide bonds. The molecule has 0 atom stereocenters. The molecule has 1 N–H and O–H groups in total. The molecule has 0 radical (unpaired) electrons. The molecule has 0 unspecified atom stereocenters. The molecule has 1 aliphatic rings. The van der Waals surface area contributed by atoms with Gasteiger partial charge in [-0.2, -0.15) is 0 Å². The lowest BCUT2D eigenvalue weighted by atomic mass is 10.1. The minimum absolute atomic E-state index is 0.0540.